The Bertz CT molecular complexity index is 1850. The number of nitrogens with one attached hydrogen (secondary N) is 3. The van der Waals surface area contributed by atoms with Crippen LogP contribution < -0.4 is 5.32 Å². The molecule has 1 amide bonds. The van der Waals surface area contributed by atoms with Crippen LogP contribution in [-0.4, -0.2) is 50.6 Å². The smallest absolute Gasteiger partial charge is 0.227 e. The van der Waals surface area contributed by atoms with E-state index in [0.717, 1.165) is 30.5 Å². The lowest BCUT2D eigenvalue weighted by Crippen LogP contribution is -2.28. The fourth-order valence-corrected chi connectivity index (χ4v) is 4.66. The van der Waals surface area contributed by atoms with Crippen molar-refractivity contribution in [2.45, 2.75) is 26.2 Å². The first kappa shape index (κ1) is 22.2. The van der Waals surface area contributed by atoms with Gasteiger partial charge in [0.25, 0.3) is 0 Å². The van der Waals surface area contributed by atoms with Crippen molar-refractivity contribution >= 4 is 33.5 Å². The molecule has 0 saturated heterocycles. The second kappa shape index (κ2) is 8.54. The molecule has 0 spiro atoms. The topological polar surface area (TPSA) is 143 Å². The van der Waals surface area contributed by atoms with E-state index in [0.29, 0.717) is 39.6 Å². The SMILES string of the molecule is Cc1cn(-c2nccc3[nH]c(-c4n[nH]c5cnc(-c6cncc(NC(=O)C7CCC7)c6)c(F)c45)nc23)cn1. The molecule has 0 aliphatic heterocycles. The monoisotopic (exact) mass is 508 g/mol. The largest absolute Gasteiger partial charge is 0.336 e. The van der Waals surface area contributed by atoms with Gasteiger partial charge >= 0.3 is 0 Å². The molecule has 1 fully saturated rings. The van der Waals surface area contributed by atoms with Crippen molar-refractivity contribution in [2.75, 3.05) is 5.32 Å². The Kier molecular flexibility index (Phi) is 4.99. The summed E-state index contributed by atoms with van der Waals surface area (Å²) in [6.07, 6.45) is 12.6. The maximum Gasteiger partial charge on any atom is 0.227 e. The number of anilines is 1. The van der Waals surface area contributed by atoms with Gasteiger partial charge in [0.1, 0.15) is 23.2 Å². The number of hydrogen-bond acceptors (Lipinski definition) is 7. The fourth-order valence-electron chi connectivity index (χ4n) is 4.66. The van der Waals surface area contributed by atoms with E-state index in [1.165, 1.54) is 12.4 Å². The summed E-state index contributed by atoms with van der Waals surface area (Å²) >= 11 is 0. The Morgan fingerprint density at radius 3 is 2.82 bits per heavy atom. The van der Waals surface area contributed by atoms with Crippen LogP contribution in [0.25, 0.3) is 50.5 Å². The molecule has 6 aromatic rings. The van der Waals surface area contributed by atoms with Gasteiger partial charge in [0.05, 0.1) is 40.2 Å². The highest BCUT2D eigenvalue weighted by Crippen LogP contribution is 2.34. The lowest BCUT2D eigenvalue weighted by atomic mass is 9.85. The second-order valence-electron chi connectivity index (χ2n) is 9.40. The van der Waals surface area contributed by atoms with E-state index in [-0.39, 0.29) is 22.9 Å². The number of pyridine rings is 3. The van der Waals surface area contributed by atoms with Crippen molar-refractivity contribution in [3.05, 3.63) is 61.0 Å². The zero-order valence-corrected chi connectivity index (χ0v) is 20.2. The molecule has 0 unspecified atom stereocenters. The van der Waals surface area contributed by atoms with Gasteiger partial charge in [-0.3, -0.25) is 24.4 Å². The molecule has 11 nitrogen and oxygen atoms in total. The highest BCUT2D eigenvalue weighted by atomic mass is 19.1. The van der Waals surface area contributed by atoms with Gasteiger partial charge in [0.2, 0.25) is 5.91 Å². The van der Waals surface area contributed by atoms with Crippen LogP contribution in [0.5, 0.6) is 0 Å². The van der Waals surface area contributed by atoms with Gasteiger partial charge in [0.15, 0.2) is 17.5 Å². The summed E-state index contributed by atoms with van der Waals surface area (Å²) in [5.41, 5.74) is 3.95. The quantitative estimate of drug-likeness (QED) is 0.314. The summed E-state index contributed by atoms with van der Waals surface area (Å²) in [7, 11) is 0. The van der Waals surface area contributed by atoms with Gasteiger partial charge in [-0.05, 0) is 31.9 Å². The zero-order valence-electron chi connectivity index (χ0n) is 20.2. The highest BCUT2D eigenvalue weighted by molar-refractivity contribution is 5.96. The van der Waals surface area contributed by atoms with E-state index in [9.17, 15) is 4.79 Å². The molecule has 3 N–H and O–H groups in total. The molecule has 1 aliphatic rings. The summed E-state index contributed by atoms with van der Waals surface area (Å²) in [6.45, 7) is 1.89. The van der Waals surface area contributed by atoms with E-state index in [4.69, 9.17) is 4.98 Å². The highest BCUT2D eigenvalue weighted by Gasteiger charge is 2.26. The number of amides is 1. The Balaban J connectivity index is 1.30. The molecule has 1 saturated carbocycles. The molecule has 188 valence electrons. The van der Waals surface area contributed by atoms with Gasteiger partial charge in [-0.1, -0.05) is 6.42 Å². The van der Waals surface area contributed by atoms with Crippen LogP contribution in [0.2, 0.25) is 0 Å². The minimum absolute atomic E-state index is 0.0238. The lowest BCUT2D eigenvalue weighted by Gasteiger charge is -2.24. The van der Waals surface area contributed by atoms with Crippen molar-refractivity contribution in [1.82, 2.24) is 44.7 Å². The molecule has 7 rings (SSSR count). The van der Waals surface area contributed by atoms with Crippen LogP contribution in [0.4, 0.5) is 10.1 Å². The van der Waals surface area contributed by atoms with Gasteiger partial charge in [-0.15, -0.1) is 0 Å². The van der Waals surface area contributed by atoms with Crippen LogP contribution in [0, 0.1) is 18.7 Å². The number of fused-ring (bicyclic) bond motifs is 2. The predicted molar refractivity (Wildman–Crippen MR) is 138 cm³/mol. The molecule has 6 heterocycles. The number of rotatable bonds is 5. The summed E-state index contributed by atoms with van der Waals surface area (Å²) in [5.74, 6) is 0.393. The number of aromatic amines is 2. The zero-order chi connectivity index (χ0) is 25.8. The number of aromatic nitrogens is 9. The predicted octanol–water partition coefficient (Wildman–Crippen LogP) is 4.33. The minimum atomic E-state index is -0.570. The van der Waals surface area contributed by atoms with Crippen molar-refractivity contribution < 1.29 is 9.18 Å². The Hall–Kier alpha value is -5.00. The molecular weight excluding hydrogens is 487 g/mol. The standard InChI is InChI=1S/C26H21FN10O/c1-13-11-37(12-31-13)25-22-17(5-6-29-25)33-24(34-22)23-19-18(35-36-23)10-30-21(20(19)27)15-7-16(9-28-8-15)32-26(38)14-3-2-4-14/h5-12,14H,2-4H2,1H3,(H,32,38)(H,33,34)(H,35,36). The van der Waals surface area contributed by atoms with E-state index in [2.05, 4.69) is 40.4 Å². The maximum absolute atomic E-state index is 16.0. The molecule has 0 bridgehead atoms. The average molecular weight is 509 g/mol. The van der Waals surface area contributed by atoms with Crippen LogP contribution in [0.15, 0.2) is 49.4 Å². The number of carbonyl (C=O) groups excluding carboxylic acids is 1. The molecule has 12 heteroatoms. The Labute approximate surface area is 214 Å². The number of carbonyl (C=O) groups is 1. The molecule has 0 radical (unpaired) electrons. The summed E-state index contributed by atoms with van der Waals surface area (Å²) in [4.78, 5) is 37.6. The van der Waals surface area contributed by atoms with Crippen LogP contribution in [0.3, 0.4) is 0 Å². The van der Waals surface area contributed by atoms with E-state index in [1.54, 1.807) is 35.4 Å². The molecule has 0 aromatic carbocycles. The van der Waals surface area contributed by atoms with Gasteiger partial charge < -0.3 is 10.3 Å². The van der Waals surface area contributed by atoms with Crippen LogP contribution >= 0.6 is 0 Å². The normalized spacial score (nSPS) is 13.7. The minimum Gasteiger partial charge on any atom is -0.336 e. The third-order valence-electron chi connectivity index (χ3n) is 6.86. The maximum atomic E-state index is 16.0. The molecular formula is C26H21FN10O. The Morgan fingerprint density at radius 1 is 1.13 bits per heavy atom. The van der Waals surface area contributed by atoms with Gasteiger partial charge in [-0.25, -0.2) is 19.3 Å². The third-order valence-corrected chi connectivity index (χ3v) is 6.86. The van der Waals surface area contributed by atoms with Crippen molar-refractivity contribution in [1.29, 1.82) is 0 Å². The number of nitrogens with zero attached hydrogens (tertiary/aromatic N) is 7. The molecule has 1 aliphatic carbocycles. The average Bonchev–Trinajstić information content (AvgIpc) is 3.61. The first-order chi connectivity index (χ1) is 18.5. The number of H-pyrrole nitrogens is 2. The van der Waals surface area contributed by atoms with E-state index < -0.39 is 5.82 Å². The van der Waals surface area contributed by atoms with Gasteiger partial charge in [-0.2, -0.15) is 5.10 Å². The first-order valence-electron chi connectivity index (χ1n) is 12.2. The number of halogens is 1. The lowest BCUT2D eigenvalue weighted by molar-refractivity contribution is -0.122. The van der Waals surface area contributed by atoms with Crippen LogP contribution in [0.1, 0.15) is 25.0 Å². The number of hydrogen-bond donors (Lipinski definition) is 3. The van der Waals surface area contributed by atoms with E-state index >= 15 is 4.39 Å². The van der Waals surface area contributed by atoms with Crippen molar-refractivity contribution in [3.63, 3.8) is 0 Å². The van der Waals surface area contributed by atoms with Gasteiger partial charge in [0, 0.05) is 30.1 Å². The molecule has 0 atom stereocenters. The second-order valence-corrected chi connectivity index (χ2v) is 9.40. The van der Waals surface area contributed by atoms with Crippen LogP contribution in [-0.2, 0) is 4.79 Å². The summed E-state index contributed by atoms with van der Waals surface area (Å²) in [6, 6.07) is 3.47. The fraction of sp³-hybridized carbons (Fsp3) is 0.192. The summed E-state index contributed by atoms with van der Waals surface area (Å²) < 4.78 is 17.8. The van der Waals surface area contributed by atoms with E-state index in [1.807, 2.05) is 13.1 Å². The van der Waals surface area contributed by atoms with Crippen molar-refractivity contribution in [3.8, 4) is 28.6 Å². The Morgan fingerprint density at radius 2 is 2.03 bits per heavy atom. The van der Waals surface area contributed by atoms with Crippen molar-refractivity contribution in [2.24, 2.45) is 5.92 Å². The molecule has 6 aromatic heterocycles. The third kappa shape index (κ3) is 3.60. The number of aryl methyl sites for hydroxylation is 1. The first-order valence-corrected chi connectivity index (χ1v) is 12.2. The number of imidazole rings is 2. The molecule has 38 heavy (non-hydrogen) atoms. The summed E-state index contributed by atoms with van der Waals surface area (Å²) in [5, 5.41) is 10.3.